The van der Waals surface area contributed by atoms with Gasteiger partial charge in [-0.3, -0.25) is 0 Å². The number of rotatable bonds is 6. The van der Waals surface area contributed by atoms with Crippen LogP contribution in [-0.4, -0.2) is 29.2 Å². The molecule has 0 radical (unpaired) electrons. The van der Waals surface area contributed by atoms with Crippen LogP contribution in [0.15, 0.2) is 48.8 Å². The summed E-state index contributed by atoms with van der Waals surface area (Å²) >= 11 is 0. The Labute approximate surface area is 166 Å². The van der Waals surface area contributed by atoms with Gasteiger partial charge in [-0.05, 0) is 37.3 Å². The van der Waals surface area contributed by atoms with E-state index in [0.29, 0.717) is 28.2 Å². The maximum Gasteiger partial charge on any atom is 0.224 e. The summed E-state index contributed by atoms with van der Waals surface area (Å²) in [5.74, 6) is 1.55. The fourth-order valence-electron chi connectivity index (χ4n) is 3.01. The van der Waals surface area contributed by atoms with Crippen LogP contribution < -0.4 is 19.5 Å². The highest BCUT2D eigenvalue weighted by atomic mass is 19.1. The first kappa shape index (κ1) is 18.5. The van der Waals surface area contributed by atoms with Gasteiger partial charge in [0.2, 0.25) is 5.88 Å². The van der Waals surface area contributed by atoms with Crippen LogP contribution in [0, 0.1) is 12.7 Å². The fraction of sp³-hybridized carbons (Fsp3) is 0.143. The number of hydrogen-bond donors (Lipinski definition) is 2. The van der Waals surface area contributed by atoms with Crippen molar-refractivity contribution in [2.45, 2.75) is 6.92 Å². The largest absolute Gasteiger partial charge is 0.493 e. The van der Waals surface area contributed by atoms with Gasteiger partial charge >= 0.3 is 0 Å². The Balaban J connectivity index is 1.57. The molecule has 2 aromatic carbocycles. The molecular formula is C21H19FN4O3. The molecule has 0 aliphatic rings. The second kappa shape index (κ2) is 7.67. The highest BCUT2D eigenvalue weighted by molar-refractivity contribution is 5.82. The Kier molecular flexibility index (Phi) is 4.90. The van der Waals surface area contributed by atoms with Gasteiger partial charge in [0.25, 0.3) is 0 Å². The molecule has 29 heavy (non-hydrogen) atoms. The molecule has 148 valence electrons. The number of halogens is 1. The Morgan fingerprint density at radius 2 is 1.72 bits per heavy atom. The number of nitrogens with one attached hydrogen (secondary N) is 2. The summed E-state index contributed by atoms with van der Waals surface area (Å²) in [5, 5.41) is 3.61. The molecule has 0 saturated heterocycles. The highest BCUT2D eigenvalue weighted by Crippen LogP contribution is 2.32. The number of benzene rings is 2. The Morgan fingerprint density at radius 3 is 2.52 bits per heavy atom. The normalized spacial score (nSPS) is 10.8. The van der Waals surface area contributed by atoms with Crippen LogP contribution in [0.3, 0.4) is 0 Å². The Bertz CT molecular complexity index is 1180. The number of aryl methyl sites for hydroxylation is 1. The molecule has 0 spiro atoms. The summed E-state index contributed by atoms with van der Waals surface area (Å²) in [5.41, 5.74) is 2.33. The van der Waals surface area contributed by atoms with Gasteiger partial charge in [-0.25, -0.2) is 14.4 Å². The highest BCUT2D eigenvalue weighted by Gasteiger charge is 2.13. The van der Waals surface area contributed by atoms with E-state index in [9.17, 15) is 4.39 Å². The zero-order chi connectivity index (χ0) is 20.4. The number of fused-ring (bicyclic) bond motifs is 1. The summed E-state index contributed by atoms with van der Waals surface area (Å²) in [6.45, 7) is 1.87. The van der Waals surface area contributed by atoms with Crippen molar-refractivity contribution >= 4 is 22.4 Å². The molecule has 2 heterocycles. The molecule has 4 rings (SSSR count). The first-order valence-electron chi connectivity index (χ1n) is 8.84. The van der Waals surface area contributed by atoms with E-state index >= 15 is 0 Å². The molecule has 2 aromatic heterocycles. The maximum atomic E-state index is 14.7. The minimum atomic E-state index is -0.445. The third kappa shape index (κ3) is 3.77. The fourth-order valence-corrected chi connectivity index (χ4v) is 3.01. The number of aromatic amines is 1. The molecule has 0 bridgehead atoms. The maximum absolute atomic E-state index is 14.7. The van der Waals surface area contributed by atoms with Crippen LogP contribution in [0.25, 0.3) is 10.9 Å². The summed E-state index contributed by atoms with van der Waals surface area (Å²) in [6.07, 6.45) is 1.34. The zero-order valence-electron chi connectivity index (χ0n) is 16.1. The van der Waals surface area contributed by atoms with E-state index in [-0.39, 0.29) is 11.6 Å². The van der Waals surface area contributed by atoms with Gasteiger partial charge in [0, 0.05) is 34.4 Å². The molecule has 7 nitrogen and oxygen atoms in total. The SMILES string of the molecule is COc1ccc(Nc2cc(Oc3ccc4[nH]c(C)cc4c3F)ncn2)cc1OC. The number of hydrogen-bond acceptors (Lipinski definition) is 6. The molecule has 0 aliphatic heterocycles. The lowest BCUT2D eigenvalue weighted by molar-refractivity contribution is 0.355. The minimum Gasteiger partial charge on any atom is -0.493 e. The van der Waals surface area contributed by atoms with Gasteiger partial charge in [-0.1, -0.05) is 0 Å². The van der Waals surface area contributed by atoms with Gasteiger partial charge in [-0.15, -0.1) is 0 Å². The third-order valence-electron chi connectivity index (χ3n) is 4.35. The Morgan fingerprint density at radius 1 is 0.931 bits per heavy atom. The average Bonchev–Trinajstić information content (AvgIpc) is 3.11. The van der Waals surface area contributed by atoms with Crippen molar-refractivity contribution in [3.8, 4) is 23.1 Å². The van der Waals surface area contributed by atoms with E-state index in [4.69, 9.17) is 14.2 Å². The molecule has 0 unspecified atom stereocenters. The average molecular weight is 394 g/mol. The Hall–Kier alpha value is -3.81. The summed E-state index contributed by atoms with van der Waals surface area (Å²) < 4.78 is 30.9. The molecular weight excluding hydrogens is 375 g/mol. The monoisotopic (exact) mass is 394 g/mol. The molecule has 0 amide bonds. The molecule has 4 aromatic rings. The van der Waals surface area contributed by atoms with Crippen molar-refractivity contribution in [3.05, 3.63) is 60.3 Å². The third-order valence-corrected chi connectivity index (χ3v) is 4.35. The van der Waals surface area contributed by atoms with Crippen LogP contribution in [0.5, 0.6) is 23.1 Å². The smallest absolute Gasteiger partial charge is 0.224 e. The van der Waals surface area contributed by atoms with Gasteiger partial charge in [0.15, 0.2) is 23.1 Å². The van der Waals surface area contributed by atoms with Crippen molar-refractivity contribution in [1.29, 1.82) is 0 Å². The molecule has 8 heteroatoms. The van der Waals surface area contributed by atoms with Crippen LogP contribution in [-0.2, 0) is 0 Å². The summed E-state index contributed by atoms with van der Waals surface area (Å²) in [4.78, 5) is 11.3. The van der Waals surface area contributed by atoms with Crippen molar-refractivity contribution in [3.63, 3.8) is 0 Å². The van der Waals surface area contributed by atoms with E-state index in [1.165, 1.54) is 6.33 Å². The second-order valence-electron chi connectivity index (χ2n) is 6.33. The van der Waals surface area contributed by atoms with Crippen LogP contribution in [0.4, 0.5) is 15.9 Å². The number of nitrogens with zero attached hydrogens (tertiary/aromatic N) is 2. The molecule has 0 atom stereocenters. The summed E-state index contributed by atoms with van der Waals surface area (Å²) in [7, 11) is 3.14. The van der Waals surface area contributed by atoms with Crippen LogP contribution in [0.1, 0.15) is 5.69 Å². The lowest BCUT2D eigenvalue weighted by Crippen LogP contribution is -1.98. The first-order valence-corrected chi connectivity index (χ1v) is 8.84. The first-order chi connectivity index (χ1) is 14.1. The van der Waals surface area contributed by atoms with Gasteiger partial charge in [0.1, 0.15) is 12.1 Å². The minimum absolute atomic E-state index is 0.0901. The predicted octanol–water partition coefficient (Wildman–Crippen LogP) is 4.96. The van der Waals surface area contributed by atoms with E-state index in [0.717, 1.165) is 11.4 Å². The summed E-state index contributed by atoms with van der Waals surface area (Å²) in [6, 6.07) is 12.0. The van der Waals surface area contributed by atoms with Gasteiger partial charge in [-0.2, -0.15) is 0 Å². The number of anilines is 2. The molecule has 0 aliphatic carbocycles. The lowest BCUT2D eigenvalue weighted by atomic mass is 10.2. The lowest BCUT2D eigenvalue weighted by Gasteiger charge is -2.11. The van der Waals surface area contributed by atoms with Gasteiger partial charge < -0.3 is 24.5 Å². The number of H-pyrrole nitrogens is 1. The van der Waals surface area contributed by atoms with Crippen molar-refractivity contribution in [2.24, 2.45) is 0 Å². The second-order valence-corrected chi connectivity index (χ2v) is 6.33. The van der Waals surface area contributed by atoms with Crippen molar-refractivity contribution < 1.29 is 18.6 Å². The standard InChI is InChI=1S/C21H19FN4O3/c1-12-8-14-15(25-12)5-7-17(21(14)22)29-20-10-19(23-11-24-20)26-13-4-6-16(27-2)18(9-13)28-3/h4-11,25H,1-3H3,(H,23,24,26). The zero-order valence-corrected chi connectivity index (χ0v) is 16.1. The van der Waals surface area contributed by atoms with Crippen molar-refractivity contribution in [1.82, 2.24) is 15.0 Å². The van der Waals surface area contributed by atoms with E-state index < -0.39 is 5.82 Å². The van der Waals surface area contributed by atoms with E-state index in [1.807, 2.05) is 13.0 Å². The quantitative estimate of drug-likeness (QED) is 0.481. The molecule has 2 N–H and O–H groups in total. The van der Waals surface area contributed by atoms with Crippen molar-refractivity contribution in [2.75, 3.05) is 19.5 Å². The van der Waals surface area contributed by atoms with Crippen LogP contribution >= 0.6 is 0 Å². The number of ether oxygens (including phenoxy) is 3. The number of aromatic nitrogens is 3. The van der Waals surface area contributed by atoms with Gasteiger partial charge in [0.05, 0.1) is 14.2 Å². The molecule has 0 saturated carbocycles. The topological polar surface area (TPSA) is 81.3 Å². The van der Waals surface area contributed by atoms with Crippen LogP contribution in [0.2, 0.25) is 0 Å². The van der Waals surface area contributed by atoms with E-state index in [1.54, 1.807) is 50.6 Å². The number of methoxy groups -OCH3 is 2. The molecule has 0 fully saturated rings. The van der Waals surface area contributed by atoms with E-state index in [2.05, 4.69) is 20.3 Å². The predicted molar refractivity (Wildman–Crippen MR) is 108 cm³/mol.